The van der Waals surface area contributed by atoms with Crippen molar-refractivity contribution >= 4 is 29.0 Å². The van der Waals surface area contributed by atoms with Crippen LogP contribution in [0.2, 0.25) is 0 Å². The fourth-order valence-electron chi connectivity index (χ4n) is 3.11. The second-order valence-corrected chi connectivity index (χ2v) is 6.10. The fourth-order valence-corrected chi connectivity index (χ4v) is 3.11. The zero-order valence-corrected chi connectivity index (χ0v) is 14.5. The Kier molecular flexibility index (Phi) is 4.66. The minimum atomic E-state index is -1.20. The summed E-state index contributed by atoms with van der Waals surface area (Å²) in [4.78, 5) is 47.4. The van der Waals surface area contributed by atoms with Crippen molar-refractivity contribution in [1.82, 2.24) is 0 Å². The quantitative estimate of drug-likeness (QED) is 0.599. The average Bonchev–Trinajstić information content (AvgIpc) is 2.93. The van der Waals surface area contributed by atoms with E-state index in [2.05, 4.69) is 0 Å². The summed E-state index contributed by atoms with van der Waals surface area (Å²) in [5.74, 6) is -3.36. The number of carboxylic acids is 1. The number of nitro benzene ring substituents is 1. The smallest absolute Gasteiger partial charge is 0.335 e. The van der Waals surface area contributed by atoms with E-state index in [9.17, 15) is 34.7 Å². The fraction of sp³-hybridized carbons (Fsp3) is 0.105. The number of amides is 1. The topological polar surface area (TPSA) is 138 Å². The van der Waals surface area contributed by atoms with Crippen molar-refractivity contribution in [2.45, 2.75) is 13.0 Å². The molecular weight excluding hydrogens is 368 g/mol. The van der Waals surface area contributed by atoms with Gasteiger partial charge in [-0.15, -0.1) is 0 Å². The standard InChI is InChI=1S/C19H14N2O7/c1-10(22)15-16(11-5-7-13(8-6-11)21(27)28)20(18(24)17(15)23)14-4-2-3-12(9-14)19(25)26/h2-9,16,23H,1H3,(H,25,26). The van der Waals surface area contributed by atoms with Gasteiger partial charge in [0.1, 0.15) is 0 Å². The van der Waals surface area contributed by atoms with E-state index in [1.165, 1.54) is 55.5 Å². The molecule has 2 N–H and O–H groups in total. The van der Waals surface area contributed by atoms with Gasteiger partial charge in [-0.05, 0) is 42.8 Å². The van der Waals surface area contributed by atoms with Crippen LogP contribution in [0.3, 0.4) is 0 Å². The number of benzene rings is 2. The Labute approximate surface area is 158 Å². The first-order valence-corrected chi connectivity index (χ1v) is 8.07. The van der Waals surface area contributed by atoms with Crippen LogP contribution in [0.5, 0.6) is 0 Å². The monoisotopic (exact) mass is 382 g/mol. The first kappa shape index (κ1) is 18.8. The maximum Gasteiger partial charge on any atom is 0.335 e. The van der Waals surface area contributed by atoms with Crippen LogP contribution in [0.25, 0.3) is 0 Å². The average molecular weight is 382 g/mol. The van der Waals surface area contributed by atoms with E-state index in [1.54, 1.807) is 0 Å². The summed E-state index contributed by atoms with van der Waals surface area (Å²) in [5.41, 5.74) is 0.0955. The molecule has 3 rings (SSSR count). The molecule has 1 amide bonds. The molecule has 0 radical (unpaired) electrons. The lowest BCUT2D eigenvalue weighted by molar-refractivity contribution is -0.384. The van der Waals surface area contributed by atoms with Gasteiger partial charge in [0.25, 0.3) is 11.6 Å². The molecule has 0 saturated heterocycles. The van der Waals surface area contributed by atoms with Gasteiger partial charge in [-0.3, -0.25) is 24.6 Å². The summed E-state index contributed by atoms with van der Waals surface area (Å²) >= 11 is 0. The second-order valence-electron chi connectivity index (χ2n) is 6.10. The summed E-state index contributed by atoms with van der Waals surface area (Å²) in [7, 11) is 0. The van der Waals surface area contributed by atoms with Crippen molar-refractivity contribution in [1.29, 1.82) is 0 Å². The number of non-ortho nitro benzene ring substituents is 1. The second kappa shape index (κ2) is 6.95. The first-order chi connectivity index (χ1) is 13.2. The molecule has 0 saturated carbocycles. The van der Waals surface area contributed by atoms with Gasteiger partial charge in [0.15, 0.2) is 11.5 Å². The molecule has 0 fully saturated rings. The first-order valence-electron chi connectivity index (χ1n) is 8.07. The SMILES string of the molecule is CC(=O)C1=C(O)C(=O)N(c2cccc(C(=O)O)c2)C1c1ccc([N+](=O)[O-])cc1. The third-order valence-electron chi connectivity index (χ3n) is 4.38. The third-order valence-corrected chi connectivity index (χ3v) is 4.38. The van der Waals surface area contributed by atoms with Crippen LogP contribution in [-0.4, -0.2) is 32.8 Å². The largest absolute Gasteiger partial charge is 0.503 e. The minimum Gasteiger partial charge on any atom is -0.503 e. The van der Waals surface area contributed by atoms with Gasteiger partial charge in [0, 0.05) is 17.8 Å². The van der Waals surface area contributed by atoms with Crippen LogP contribution in [0.4, 0.5) is 11.4 Å². The maximum absolute atomic E-state index is 12.7. The highest BCUT2D eigenvalue weighted by Gasteiger charge is 2.43. The molecule has 1 aliphatic heterocycles. The van der Waals surface area contributed by atoms with Gasteiger partial charge in [-0.25, -0.2) is 4.79 Å². The number of Topliss-reactive ketones (excluding diaryl/α,β-unsaturated/α-hetero) is 1. The molecule has 9 nitrogen and oxygen atoms in total. The van der Waals surface area contributed by atoms with E-state index in [-0.39, 0.29) is 22.5 Å². The normalized spacial score (nSPS) is 16.4. The van der Waals surface area contributed by atoms with Crippen molar-refractivity contribution in [3.63, 3.8) is 0 Å². The Morgan fingerprint density at radius 2 is 1.79 bits per heavy atom. The number of aromatic carboxylic acids is 1. The summed E-state index contributed by atoms with van der Waals surface area (Å²) in [6.07, 6.45) is 0. The molecule has 28 heavy (non-hydrogen) atoms. The number of ketones is 1. The zero-order valence-electron chi connectivity index (χ0n) is 14.5. The Balaban J connectivity index is 2.16. The van der Waals surface area contributed by atoms with E-state index < -0.39 is 34.4 Å². The van der Waals surface area contributed by atoms with E-state index in [0.29, 0.717) is 5.56 Å². The number of hydrogen-bond donors (Lipinski definition) is 2. The number of nitrogens with zero attached hydrogens (tertiary/aromatic N) is 2. The van der Waals surface area contributed by atoms with Crippen LogP contribution in [0, 0.1) is 10.1 Å². The van der Waals surface area contributed by atoms with Gasteiger partial charge < -0.3 is 10.2 Å². The summed E-state index contributed by atoms with van der Waals surface area (Å²) in [6.45, 7) is 1.19. The van der Waals surface area contributed by atoms with Gasteiger partial charge >= 0.3 is 5.97 Å². The van der Waals surface area contributed by atoms with E-state index in [4.69, 9.17) is 0 Å². The lowest BCUT2D eigenvalue weighted by Crippen LogP contribution is -2.31. The number of carboxylic acid groups (broad SMARTS) is 1. The summed E-state index contributed by atoms with van der Waals surface area (Å²) in [6, 6.07) is 9.65. The zero-order chi connectivity index (χ0) is 20.6. The number of hydrogen-bond acceptors (Lipinski definition) is 6. The lowest BCUT2D eigenvalue weighted by atomic mass is 9.96. The highest BCUT2D eigenvalue weighted by Crippen LogP contribution is 2.41. The van der Waals surface area contributed by atoms with E-state index >= 15 is 0 Å². The minimum absolute atomic E-state index is 0.0801. The highest BCUT2D eigenvalue weighted by molar-refractivity contribution is 6.16. The number of rotatable bonds is 5. The predicted molar refractivity (Wildman–Crippen MR) is 97.1 cm³/mol. The Bertz CT molecular complexity index is 1040. The molecule has 0 bridgehead atoms. The molecule has 1 heterocycles. The Hall–Kier alpha value is -4.01. The van der Waals surface area contributed by atoms with Crippen molar-refractivity contribution in [3.05, 3.63) is 81.1 Å². The number of aliphatic hydroxyl groups excluding tert-OH is 1. The molecule has 0 aromatic heterocycles. The molecule has 0 spiro atoms. The molecule has 1 atom stereocenters. The Morgan fingerprint density at radius 1 is 1.14 bits per heavy atom. The van der Waals surface area contributed by atoms with Gasteiger partial charge in [0.2, 0.25) is 0 Å². The molecule has 0 aliphatic carbocycles. The molecule has 2 aromatic rings. The lowest BCUT2D eigenvalue weighted by Gasteiger charge is -2.26. The van der Waals surface area contributed by atoms with Gasteiger partial charge in [-0.1, -0.05) is 6.07 Å². The van der Waals surface area contributed by atoms with Crippen molar-refractivity contribution in [3.8, 4) is 0 Å². The number of aliphatic hydroxyl groups is 1. The van der Waals surface area contributed by atoms with Crippen LogP contribution in [0.15, 0.2) is 59.9 Å². The van der Waals surface area contributed by atoms with Crippen LogP contribution >= 0.6 is 0 Å². The van der Waals surface area contributed by atoms with E-state index in [0.717, 1.165) is 4.90 Å². The number of carbonyl (C=O) groups excluding carboxylic acids is 2. The molecular formula is C19H14N2O7. The molecule has 1 unspecified atom stereocenters. The van der Waals surface area contributed by atoms with Crippen molar-refractivity contribution < 1.29 is 29.5 Å². The van der Waals surface area contributed by atoms with Crippen LogP contribution in [-0.2, 0) is 9.59 Å². The predicted octanol–water partition coefficient (Wildman–Crippen LogP) is 2.78. The molecule has 142 valence electrons. The van der Waals surface area contributed by atoms with Gasteiger partial charge in [-0.2, -0.15) is 0 Å². The van der Waals surface area contributed by atoms with E-state index in [1.807, 2.05) is 0 Å². The molecule has 1 aliphatic rings. The van der Waals surface area contributed by atoms with Crippen molar-refractivity contribution in [2.75, 3.05) is 4.90 Å². The highest BCUT2D eigenvalue weighted by atomic mass is 16.6. The van der Waals surface area contributed by atoms with Crippen molar-refractivity contribution in [2.24, 2.45) is 0 Å². The van der Waals surface area contributed by atoms with Gasteiger partial charge in [0.05, 0.1) is 22.1 Å². The third kappa shape index (κ3) is 3.09. The summed E-state index contributed by atoms with van der Waals surface area (Å²) < 4.78 is 0. The summed E-state index contributed by atoms with van der Waals surface area (Å²) in [5, 5.41) is 30.3. The number of nitro groups is 1. The maximum atomic E-state index is 12.7. The Morgan fingerprint density at radius 3 is 2.32 bits per heavy atom. The molecule has 9 heteroatoms. The molecule has 2 aromatic carbocycles. The van der Waals surface area contributed by atoms with Crippen LogP contribution < -0.4 is 4.90 Å². The number of carbonyl (C=O) groups is 3. The number of anilines is 1. The van der Waals surface area contributed by atoms with Crippen LogP contribution in [0.1, 0.15) is 28.9 Å².